The van der Waals surface area contributed by atoms with Crippen LogP contribution in [0.3, 0.4) is 0 Å². The number of likely N-dealkylation sites (N-methyl/N-ethyl adjacent to an activating group) is 1. The van der Waals surface area contributed by atoms with E-state index in [1.54, 1.807) is 12.4 Å². The van der Waals surface area contributed by atoms with Gasteiger partial charge in [0.05, 0.1) is 6.54 Å². The van der Waals surface area contributed by atoms with Crippen molar-refractivity contribution in [3.8, 4) is 0 Å². The zero-order valence-corrected chi connectivity index (χ0v) is 13.2. The molecule has 7 heteroatoms. The van der Waals surface area contributed by atoms with Gasteiger partial charge in [-0.2, -0.15) is 0 Å². The second kappa shape index (κ2) is 7.02. The van der Waals surface area contributed by atoms with Crippen LogP contribution in [-0.2, 0) is 4.79 Å². The third-order valence-electron chi connectivity index (χ3n) is 4.42. The molecule has 1 aromatic rings. The van der Waals surface area contributed by atoms with E-state index in [2.05, 4.69) is 31.7 Å². The molecule has 3 heterocycles. The maximum absolute atomic E-state index is 12.4. The Balaban J connectivity index is 1.45. The van der Waals surface area contributed by atoms with E-state index >= 15 is 0 Å². The number of aromatic nitrogens is 2. The molecule has 120 valence electrons. The number of anilines is 1. The van der Waals surface area contributed by atoms with Crippen LogP contribution in [0.25, 0.3) is 0 Å². The molecule has 7 nitrogen and oxygen atoms in total. The Morgan fingerprint density at radius 2 is 1.64 bits per heavy atom. The molecule has 0 spiro atoms. The highest BCUT2D eigenvalue weighted by Gasteiger charge is 2.24. The third kappa shape index (κ3) is 3.72. The van der Waals surface area contributed by atoms with Gasteiger partial charge in [-0.1, -0.05) is 0 Å². The highest BCUT2D eigenvalue weighted by molar-refractivity contribution is 5.78. The predicted molar refractivity (Wildman–Crippen MR) is 84.8 cm³/mol. The molecule has 3 rings (SSSR count). The average Bonchev–Trinajstić information content (AvgIpc) is 2.57. The van der Waals surface area contributed by atoms with Gasteiger partial charge in [0.25, 0.3) is 0 Å². The first kappa shape index (κ1) is 15.2. The van der Waals surface area contributed by atoms with Crippen LogP contribution in [0.1, 0.15) is 0 Å². The largest absolute Gasteiger partial charge is 0.339 e. The molecule has 0 unspecified atom stereocenters. The summed E-state index contributed by atoms with van der Waals surface area (Å²) in [4.78, 5) is 29.6. The summed E-state index contributed by atoms with van der Waals surface area (Å²) in [5, 5.41) is 0. The summed E-state index contributed by atoms with van der Waals surface area (Å²) >= 11 is 0. The van der Waals surface area contributed by atoms with Crippen molar-refractivity contribution in [2.45, 2.75) is 0 Å². The summed E-state index contributed by atoms with van der Waals surface area (Å²) in [5.74, 6) is 1.05. The lowest BCUT2D eigenvalue weighted by molar-refractivity contribution is -0.134. The van der Waals surface area contributed by atoms with Crippen molar-refractivity contribution in [2.75, 3.05) is 70.9 Å². The Hall–Kier alpha value is -1.73. The van der Waals surface area contributed by atoms with Gasteiger partial charge in [-0.15, -0.1) is 0 Å². The van der Waals surface area contributed by atoms with E-state index in [-0.39, 0.29) is 5.91 Å². The lowest BCUT2D eigenvalue weighted by atomic mass is 10.3. The molecule has 22 heavy (non-hydrogen) atoms. The fourth-order valence-electron chi connectivity index (χ4n) is 2.91. The van der Waals surface area contributed by atoms with Crippen molar-refractivity contribution >= 4 is 11.9 Å². The molecule has 1 amide bonds. The summed E-state index contributed by atoms with van der Waals surface area (Å²) < 4.78 is 0. The number of carbonyl (C=O) groups is 1. The van der Waals surface area contributed by atoms with E-state index in [9.17, 15) is 4.79 Å². The molecular formula is C15H24N6O. The Morgan fingerprint density at radius 1 is 1.00 bits per heavy atom. The second-order valence-electron chi connectivity index (χ2n) is 6.00. The minimum absolute atomic E-state index is 0.262. The van der Waals surface area contributed by atoms with Gasteiger partial charge < -0.3 is 14.7 Å². The van der Waals surface area contributed by atoms with E-state index in [4.69, 9.17) is 0 Å². The van der Waals surface area contributed by atoms with Crippen molar-refractivity contribution in [2.24, 2.45) is 0 Å². The summed E-state index contributed by atoms with van der Waals surface area (Å²) in [6, 6.07) is 1.83. The van der Waals surface area contributed by atoms with Gasteiger partial charge in [0, 0.05) is 64.8 Å². The van der Waals surface area contributed by atoms with Crippen molar-refractivity contribution in [1.29, 1.82) is 0 Å². The molecule has 2 aliphatic heterocycles. The normalized spacial score (nSPS) is 21.1. The number of piperazine rings is 2. The zero-order valence-electron chi connectivity index (χ0n) is 13.2. The number of hydrogen-bond acceptors (Lipinski definition) is 6. The zero-order chi connectivity index (χ0) is 15.4. The van der Waals surface area contributed by atoms with Crippen molar-refractivity contribution in [3.05, 3.63) is 18.5 Å². The molecule has 0 aromatic carbocycles. The topological polar surface area (TPSA) is 55.8 Å². The molecule has 0 saturated carbocycles. The van der Waals surface area contributed by atoms with Crippen LogP contribution in [0.15, 0.2) is 18.5 Å². The van der Waals surface area contributed by atoms with Crippen LogP contribution < -0.4 is 4.90 Å². The van der Waals surface area contributed by atoms with E-state index in [1.807, 2.05) is 11.0 Å². The van der Waals surface area contributed by atoms with Gasteiger partial charge in [0.1, 0.15) is 0 Å². The summed E-state index contributed by atoms with van der Waals surface area (Å²) in [7, 11) is 2.10. The molecular weight excluding hydrogens is 280 g/mol. The SMILES string of the molecule is CN1CCN(C(=O)CN2CCN(c3ncccn3)CC2)CC1. The first-order valence-electron chi connectivity index (χ1n) is 7.93. The van der Waals surface area contributed by atoms with Gasteiger partial charge in [-0.05, 0) is 13.1 Å². The lowest BCUT2D eigenvalue weighted by Crippen LogP contribution is -2.53. The van der Waals surface area contributed by atoms with Crippen LogP contribution in [0.5, 0.6) is 0 Å². The molecule has 1 aromatic heterocycles. The van der Waals surface area contributed by atoms with Crippen LogP contribution in [0.4, 0.5) is 5.95 Å². The van der Waals surface area contributed by atoms with Crippen molar-refractivity contribution < 1.29 is 4.79 Å². The number of hydrogen-bond donors (Lipinski definition) is 0. The Labute approximate surface area is 131 Å². The molecule has 0 N–H and O–H groups in total. The predicted octanol–water partition coefficient (Wildman–Crippen LogP) is -0.627. The van der Waals surface area contributed by atoms with Crippen LogP contribution in [0.2, 0.25) is 0 Å². The van der Waals surface area contributed by atoms with Gasteiger partial charge in [0.15, 0.2) is 0 Å². The fourth-order valence-corrected chi connectivity index (χ4v) is 2.91. The summed E-state index contributed by atoms with van der Waals surface area (Å²) in [5.41, 5.74) is 0. The Bertz CT molecular complexity index is 480. The molecule has 0 atom stereocenters. The molecule has 0 radical (unpaired) electrons. The second-order valence-corrected chi connectivity index (χ2v) is 6.00. The van der Waals surface area contributed by atoms with Gasteiger partial charge in [-0.3, -0.25) is 9.69 Å². The summed E-state index contributed by atoms with van der Waals surface area (Å²) in [6.07, 6.45) is 3.54. The third-order valence-corrected chi connectivity index (χ3v) is 4.42. The van der Waals surface area contributed by atoms with E-state index in [1.165, 1.54) is 0 Å². The molecule has 2 aliphatic rings. The average molecular weight is 304 g/mol. The van der Waals surface area contributed by atoms with Crippen molar-refractivity contribution in [1.82, 2.24) is 24.7 Å². The maximum atomic E-state index is 12.4. The monoisotopic (exact) mass is 304 g/mol. The first-order valence-corrected chi connectivity index (χ1v) is 7.93. The minimum atomic E-state index is 0.262. The van der Waals surface area contributed by atoms with Crippen molar-refractivity contribution in [3.63, 3.8) is 0 Å². The fraction of sp³-hybridized carbons (Fsp3) is 0.667. The number of nitrogens with zero attached hydrogens (tertiary/aromatic N) is 6. The number of carbonyl (C=O) groups excluding carboxylic acids is 1. The quantitative estimate of drug-likeness (QED) is 0.741. The smallest absolute Gasteiger partial charge is 0.236 e. The van der Waals surface area contributed by atoms with Gasteiger partial charge in [-0.25, -0.2) is 9.97 Å². The van der Waals surface area contributed by atoms with Crippen LogP contribution >= 0.6 is 0 Å². The Kier molecular flexibility index (Phi) is 4.84. The number of amides is 1. The van der Waals surface area contributed by atoms with E-state index < -0.39 is 0 Å². The standard InChI is InChI=1S/C15H24N6O/c1-18-5-9-20(10-6-18)14(22)13-19-7-11-21(12-8-19)15-16-3-2-4-17-15/h2-4H,5-13H2,1H3. The van der Waals surface area contributed by atoms with E-state index in [0.29, 0.717) is 6.54 Å². The minimum Gasteiger partial charge on any atom is -0.339 e. The first-order chi connectivity index (χ1) is 10.7. The maximum Gasteiger partial charge on any atom is 0.236 e. The highest BCUT2D eigenvalue weighted by atomic mass is 16.2. The highest BCUT2D eigenvalue weighted by Crippen LogP contribution is 2.10. The van der Waals surface area contributed by atoms with Crippen LogP contribution in [0, 0.1) is 0 Å². The van der Waals surface area contributed by atoms with Gasteiger partial charge in [0.2, 0.25) is 11.9 Å². The van der Waals surface area contributed by atoms with Crippen LogP contribution in [-0.4, -0.2) is 96.5 Å². The number of rotatable bonds is 3. The molecule has 0 bridgehead atoms. The molecule has 0 aliphatic carbocycles. The summed E-state index contributed by atoms with van der Waals surface area (Å²) in [6.45, 7) is 7.72. The Morgan fingerprint density at radius 3 is 2.27 bits per heavy atom. The van der Waals surface area contributed by atoms with Gasteiger partial charge >= 0.3 is 0 Å². The molecule has 2 saturated heterocycles. The lowest BCUT2D eigenvalue weighted by Gasteiger charge is -2.37. The molecule has 2 fully saturated rings. The van der Waals surface area contributed by atoms with E-state index in [0.717, 1.165) is 58.3 Å².